The molecule has 0 saturated heterocycles. The van der Waals surface area contributed by atoms with Crippen LogP contribution in [-0.2, 0) is 5.54 Å². The lowest BCUT2D eigenvalue weighted by Gasteiger charge is -2.36. The summed E-state index contributed by atoms with van der Waals surface area (Å²) in [5, 5.41) is 0.673. The minimum atomic E-state index is -0.456. The third-order valence-corrected chi connectivity index (χ3v) is 4.06. The molecule has 0 aromatic heterocycles. The highest BCUT2D eigenvalue weighted by molar-refractivity contribution is 6.30. The first-order chi connectivity index (χ1) is 10.0. The number of hydrogen-bond donors (Lipinski definition) is 1. The van der Waals surface area contributed by atoms with Crippen LogP contribution in [0, 0.1) is 5.82 Å². The minimum Gasteiger partial charge on any atom is -0.369 e. The van der Waals surface area contributed by atoms with Crippen molar-refractivity contribution in [1.82, 2.24) is 0 Å². The molecule has 2 aromatic rings. The van der Waals surface area contributed by atoms with E-state index in [2.05, 4.69) is 4.99 Å². The molecule has 0 saturated carbocycles. The monoisotopic (exact) mass is 303 g/mol. The van der Waals surface area contributed by atoms with Crippen LogP contribution in [0.1, 0.15) is 12.5 Å². The summed E-state index contributed by atoms with van der Waals surface area (Å²) in [6.45, 7) is 2.54. The predicted octanol–water partition coefficient (Wildman–Crippen LogP) is 3.53. The highest BCUT2D eigenvalue weighted by Crippen LogP contribution is 2.37. The smallest absolute Gasteiger partial charge is 0.196 e. The molecular weight excluding hydrogens is 289 g/mol. The molecule has 0 amide bonds. The molecule has 3 nitrogen and oxygen atoms in total. The average molecular weight is 304 g/mol. The number of benzene rings is 2. The molecule has 0 radical (unpaired) electrons. The van der Waals surface area contributed by atoms with Gasteiger partial charge in [0.2, 0.25) is 0 Å². The van der Waals surface area contributed by atoms with Gasteiger partial charge in [0.05, 0.1) is 12.1 Å². The van der Waals surface area contributed by atoms with E-state index in [9.17, 15) is 4.39 Å². The second-order valence-corrected chi connectivity index (χ2v) is 5.71. The van der Waals surface area contributed by atoms with E-state index in [1.807, 2.05) is 42.2 Å². The molecule has 1 aliphatic rings. The van der Waals surface area contributed by atoms with Crippen LogP contribution in [0.25, 0.3) is 0 Å². The van der Waals surface area contributed by atoms with E-state index in [0.29, 0.717) is 23.2 Å². The Morgan fingerprint density at radius 1 is 1.24 bits per heavy atom. The number of halogens is 2. The Morgan fingerprint density at radius 2 is 1.95 bits per heavy atom. The van der Waals surface area contributed by atoms with Crippen molar-refractivity contribution in [1.29, 1.82) is 0 Å². The summed E-state index contributed by atoms with van der Waals surface area (Å²) in [6.07, 6.45) is 0. The number of nitrogens with zero attached hydrogens (tertiary/aromatic N) is 2. The van der Waals surface area contributed by atoms with Crippen LogP contribution in [0.4, 0.5) is 10.1 Å². The molecule has 1 atom stereocenters. The van der Waals surface area contributed by atoms with Crippen molar-refractivity contribution < 1.29 is 4.39 Å². The molecule has 3 rings (SSSR count). The molecule has 108 valence electrons. The molecular formula is C16H15ClFN3. The first-order valence-electron chi connectivity index (χ1n) is 6.62. The molecule has 0 spiro atoms. The normalized spacial score (nSPS) is 21.5. The third kappa shape index (κ3) is 2.36. The van der Waals surface area contributed by atoms with Crippen molar-refractivity contribution in [3.05, 3.63) is 64.9 Å². The molecule has 1 heterocycles. The van der Waals surface area contributed by atoms with E-state index in [4.69, 9.17) is 17.3 Å². The Labute approximate surface area is 127 Å². The van der Waals surface area contributed by atoms with E-state index >= 15 is 0 Å². The topological polar surface area (TPSA) is 41.6 Å². The second kappa shape index (κ2) is 5.04. The Balaban J connectivity index is 2.07. The molecule has 21 heavy (non-hydrogen) atoms. The van der Waals surface area contributed by atoms with Crippen LogP contribution in [-0.4, -0.2) is 12.5 Å². The maximum atomic E-state index is 13.5. The van der Waals surface area contributed by atoms with Gasteiger partial charge in [0.25, 0.3) is 0 Å². The van der Waals surface area contributed by atoms with Crippen LogP contribution in [0.3, 0.4) is 0 Å². The summed E-state index contributed by atoms with van der Waals surface area (Å²) in [5.41, 5.74) is 7.29. The molecule has 2 N–H and O–H groups in total. The molecule has 5 heteroatoms. The zero-order valence-corrected chi connectivity index (χ0v) is 12.3. The summed E-state index contributed by atoms with van der Waals surface area (Å²) < 4.78 is 13.5. The molecule has 0 fully saturated rings. The Hall–Kier alpha value is -2.07. The van der Waals surface area contributed by atoms with E-state index < -0.39 is 5.54 Å². The molecule has 0 bridgehead atoms. The highest BCUT2D eigenvalue weighted by atomic mass is 35.5. The molecule has 1 aliphatic heterocycles. The summed E-state index contributed by atoms with van der Waals surface area (Å²) in [5.74, 6) is 0.0868. The minimum absolute atomic E-state index is 0.300. The van der Waals surface area contributed by atoms with Gasteiger partial charge in [-0.05, 0) is 42.8 Å². The zero-order chi connectivity index (χ0) is 15.0. The van der Waals surface area contributed by atoms with Gasteiger partial charge in [0.1, 0.15) is 5.82 Å². The fraction of sp³-hybridized carbons (Fsp3) is 0.188. The standard InChI is InChI=1S/C16H15ClFN3/c1-16(11-5-7-12(17)8-6-11)10-20-15(19)21(16)14-4-2-3-13(18)9-14/h2-9H,10H2,1H3,(H2,19,20). The van der Waals surface area contributed by atoms with Gasteiger partial charge in [-0.1, -0.05) is 29.8 Å². The predicted molar refractivity (Wildman–Crippen MR) is 84.2 cm³/mol. The van der Waals surface area contributed by atoms with Crippen molar-refractivity contribution in [3.8, 4) is 0 Å². The van der Waals surface area contributed by atoms with Crippen LogP contribution >= 0.6 is 11.6 Å². The molecule has 2 aromatic carbocycles. The van der Waals surface area contributed by atoms with Gasteiger partial charge in [-0.2, -0.15) is 0 Å². The van der Waals surface area contributed by atoms with Crippen molar-refractivity contribution in [2.75, 3.05) is 11.4 Å². The van der Waals surface area contributed by atoms with Gasteiger partial charge in [0, 0.05) is 10.7 Å². The van der Waals surface area contributed by atoms with Gasteiger partial charge in [-0.25, -0.2) is 4.39 Å². The Bertz CT molecular complexity index is 699. The van der Waals surface area contributed by atoms with Crippen molar-refractivity contribution in [2.24, 2.45) is 10.7 Å². The van der Waals surface area contributed by atoms with E-state index in [-0.39, 0.29) is 5.82 Å². The summed E-state index contributed by atoms with van der Waals surface area (Å²) in [4.78, 5) is 6.20. The quantitative estimate of drug-likeness (QED) is 0.922. The number of nitrogens with two attached hydrogens (primary N) is 1. The maximum absolute atomic E-state index is 13.5. The fourth-order valence-electron chi connectivity index (χ4n) is 2.69. The first kappa shape index (κ1) is 13.9. The lowest BCUT2D eigenvalue weighted by molar-refractivity contribution is 0.531. The lowest BCUT2D eigenvalue weighted by Crippen LogP contribution is -2.47. The van der Waals surface area contributed by atoms with Crippen LogP contribution in [0.15, 0.2) is 53.5 Å². The van der Waals surface area contributed by atoms with E-state index in [1.165, 1.54) is 12.1 Å². The summed E-state index contributed by atoms with van der Waals surface area (Å²) in [7, 11) is 0. The lowest BCUT2D eigenvalue weighted by atomic mass is 9.90. The van der Waals surface area contributed by atoms with E-state index in [1.54, 1.807) is 6.07 Å². The molecule has 0 aliphatic carbocycles. The fourth-order valence-corrected chi connectivity index (χ4v) is 2.82. The highest BCUT2D eigenvalue weighted by Gasteiger charge is 2.40. The number of aliphatic imine (C=N–C) groups is 1. The van der Waals surface area contributed by atoms with Gasteiger partial charge in [-0.15, -0.1) is 0 Å². The number of hydrogen-bond acceptors (Lipinski definition) is 3. The zero-order valence-electron chi connectivity index (χ0n) is 11.6. The summed E-state index contributed by atoms with van der Waals surface area (Å²) in [6, 6.07) is 13.9. The number of anilines is 1. The van der Waals surface area contributed by atoms with Crippen LogP contribution in [0.5, 0.6) is 0 Å². The van der Waals surface area contributed by atoms with Gasteiger partial charge in [0.15, 0.2) is 5.96 Å². The number of rotatable bonds is 2. The Kier molecular flexibility index (Phi) is 3.33. The third-order valence-electron chi connectivity index (χ3n) is 3.80. The van der Waals surface area contributed by atoms with Gasteiger partial charge in [-0.3, -0.25) is 4.99 Å². The SMILES string of the molecule is CC1(c2ccc(Cl)cc2)CN=C(N)N1c1cccc(F)c1. The largest absolute Gasteiger partial charge is 0.369 e. The number of guanidine groups is 1. The van der Waals surface area contributed by atoms with Crippen molar-refractivity contribution in [2.45, 2.75) is 12.5 Å². The van der Waals surface area contributed by atoms with Gasteiger partial charge < -0.3 is 10.6 Å². The van der Waals surface area contributed by atoms with Crippen molar-refractivity contribution >= 4 is 23.2 Å². The molecule has 1 unspecified atom stereocenters. The van der Waals surface area contributed by atoms with Gasteiger partial charge >= 0.3 is 0 Å². The maximum Gasteiger partial charge on any atom is 0.196 e. The van der Waals surface area contributed by atoms with Crippen LogP contribution in [0.2, 0.25) is 5.02 Å². The second-order valence-electron chi connectivity index (χ2n) is 5.27. The average Bonchev–Trinajstić information content (AvgIpc) is 2.76. The first-order valence-corrected chi connectivity index (χ1v) is 7.00. The summed E-state index contributed by atoms with van der Waals surface area (Å²) >= 11 is 5.95. The van der Waals surface area contributed by atoms with E-state index in [0.717, 1.165) is 5.56 Å². The Morgan fingerprint density at radius 3 is 2.62 bits per heavy atom. The van der Waals surface area contributed by atoms with Crippen molar-refractivity contribution in [3.63, 3.8) is 0 Å². The van der Waals surface area contributed by atoms with Crippen LogP contribution < -0.4 is 10.6 Å².